The van der Waals surface area contributed by atoms with Crippen LogP contribution in [0.4, 0.5) is 10.8 Å². The first-order valence-electron chi connectivity index (χ1n) is 5.71. The van der Waals surface area contributed by atoms with Crippen molar-refractivity contribution in [3.63, 3.8) is 0 Å². The van der Waals surface area contributed by atoms with Crippen molar-refractivity contribution in [3.05, 3.63) is 47.9 Å². The summed E-state index contributed by atoms with van der Waals surface area (Å²) in [6.07, 6.45) is 5.02. The number of hydrogen-bond acceptors (Lipinski definition) is 6. The van der Waals surface area contributed by atoms with E-state index in [-0.39, 0.29) is 11.6 Å². The molecule has 0 saturated heterocycles. The fraction of sp³-hybridized carbons (Fsp3) is 0. The molecular weight excluding hydrogens is 276 g/mol. The van der Waals surface area contributed by atoms with Gasteiger partial charge in [-0.1, -0.05) is 0 Å². The van der Waals surface area contributed by atoms with Gasteiger partial charge in [-0.05, 0) is 18.2 Å². The number of rotatable bonds is 3. The maximum Gasteiger partial charge on any atom is 0.275 e. The molecule has 8 heteroatoms. The molecule has 20 heavy (non-hydrogen) atoms. The van der Waals surface area contributed by atoms with Gasteiger partial charge in [0.1, 0.15) is 5.69 Å². The molecule has 0 atom stereocenters. The predicted octanol–water partition coefficient (Wildman–Crippen LogP) is 1.56. The minimum atomic E-state index is -0.334. The molecule has 3 aromatic heterocycles. The normalized spacial score (nSPS) is 10.4. The van der Waals surface area contributed by atoms with Crippen molar-refractivity contribution >= 4 is 28.1 Å². The van der Waals surface area contributed by atoms with Crippen LogP contribution in [-0.2, 0) is 0 Å². The van der Waals surface area contributed by atoms with Crippen LogP contribution in [0.2, 0.25) is 0 Å². The number of aromatic nitrogens is 4. The van der Waals surface area contributed by atoms with Crippen LogP contribution in [-0.4, -0.2) is 25.7 Å². The Morgan fingerprint density at radius 2 is 2.25 bits per heavy atom. The van der Waals surface area contributed by atoms with Gasteiger partial charge in [0.25, 0.3) is 5.91 Å². The van der Waals surface area contributed by atoms with E-state index < -0.39 is 0 Å². The van der Waals surface area contributed by atoms with Gasteiger partial charge >= 0.3 is 0 Å². The van der Waals surface area contributed by atoms with Crippen LogP contribution >= 0.6 is 11.3 Å². The van der Waals surface area contributed by atoms with Gasteiger partial charge in [-0.25, -0.2) is 14.6 Å². The number of thiazole rings is 1. The van der Waals surface area contributed by atoms with E-state index in [0.29, 0.717) is 16.6 Å². The van der Waals surface area contributed by atoms with Crippen LogP contribution in [0.5, 0.6) is 0 Å². The fourth-order valence-electron chi connectivity index (χ4n) is 1.65. The van der Waals surface area contributed by atoms with E-state index in [1.807, 2.05) is 0 Å². The highest BCUT2D eigenvalue weighted by Gasteiger charge is 2.13. The van der Waals surface area contributed by atoms with Crippen LogP contribution in [0.25, 0.3) is 5.82 Å². The first-order chi connectivity index (χ1) is 9.74. The van der Waals surface area contributed by atoms with Crippen LogP contribution in [0.3, 0.4) is 0 Å². The number of carbonyl (C=O) groups is 1. The van der Waals surface area contributed by atoms with E-state index in [9.17, 15) is 4.79 Å². The third-order valence-electron chi connectivity index (χ3n) is 2.51. The SMILES string of the molecule is Nc1nc(C(=O)Nc2cccnc2-n2cccn2)cs1. The highest BCUT2D eigenvalue weighted by molar-refractivity contribution is 7.13. The Morgan fingerprint density at radius 1 is 1.35 bits per heavy atom. The zero-order valence-electron chi connectivity index (χ0n) is 10.2. The third-order valence-corrected chi connectivity index (χ3v) is 3.18. The highest BCUT2D eigenvalue weighted by atomic mass is 32.1. The fourth-order valence-corrected chi connectivity index (χ4v) is 2.19. The van der Waals surface area contributed by atoms with Gasteiger partial charge < -0.3 is 11.1 Å². The largest absolute Gasteiger partial charge is 0.375 e. The minimum Gasteiger partial charge on any atom is -0.375 e. The minimum absolute atomic E-state index is 0.280. The number of nitrogens with one attached hydrogen (secondary N) is 1. The smallest absolute Gasteiger partial charge is 0.275 e. The molecule has 3 aromatic rings. The Labute approximate surface area is 118 Å². The van der Waals surface area contributed by atoms with E-state index in [1.165, 1.54) is 11.3 Å². The van der Waals surface area contributed by atoms with Gasteiger partial charge in [-0.15, -0.1) is 11.3 Å². The number of carbonyl (C=O) groups excluding carboxylic acids is 1. The lowest BCUT2D eigenvalue weighted by molar-refractivity contribution is 0.102. The topological polar surface area (TPSA) is 98.7 Å². The molecule has 0 saturated carbocycles. The van der Waals surface area contributed by atoms with Gasteiger partial charge in [0.2, 0.25) is 0 Å². The van der Waals surface area contributed by atoms with E-state index in [4.69, 9.17) is 5.73 Å². The lowest BCUT2D eigenvalue weighted by atomic mass is 10.3. The second-order valence-electron chi connectivity index (χ2n) is 3.85. The number of amides is 1. The molecule has 3 rings (SSSR count). The number of nitrogens with zero attached hydrogens (tertiary/aromatic N) is 4. The first kappa shape index (κ1) is 12.3. The Morgan fingerprint density at radius 3 is 2.95 bits per heavy atom. The molecule has 0 unspecified atom stereocenters. The zero-order chi connectivity index (χ0) is 13.9. The summed E-state index contributed by atoms with van der Waals surface area (Å²) in [5.41, 5.74) is 6.35. The molecule has 0 fully saturated rings. The molecule has 0 aliphatic carbocycles. The summed E-state index contributed by atoms with van der Waals surface area (Å²) < 4.78 is 1.57. The summed E-state index contributed by atoms with van der Waals surface area (Å²) in [6.45, 7) is 0. The Balaban J connectivity index is 1.90. The molecule has 0 spiro atoms. The van der Waals surface area contributed by atoms with Crippen molar-refractivity contribution in [2.75, 3.05) is 11.1 Å². The number of pyridine rings is 1. The average molecular weight is 286 g/mol. The van der Waals surface area contributed by atoms with Crippen LogP contribution in [0.15, 0.2) is 42.2 Å². The Kier molecular flexibility index (Phi) is 3.13. The van der Waals surface area contributed by atoms with Crippen molar-refractivity contribution in [1.82, 2.24) is 19.7 Å². The summed E-state index contributed by atoms with van der Waals surface area (Å²) in [6, 6.07) is 5.26. The lowest BCUT2D eigenvalue weighted by Gasteiger charge is -2.08. The van der Waals surface area contributed by atoms with E-state index in [0.717, 1.165) is 0 Å². The number of anilines is 2. The van der Waals surface area contributed by atoms with E-state index in [1.54, 1.807) is 46.9 Å². The third kappa shape index (κ3) is 2.36. The maximum atomic E-state index is 12.1. The maximum absolute atomic E-state index is 12.1. The van der Waals surface area contributed by atoms with Crippen molar-refractivity contribution < 1.29 is 4.79 Å². The molecular formula is C12H10N6OS. The first-order valence-corrected chi connectivity index (χ1v) is 6.59. The van der Waals surface area contributed by atoms with Crippen LogP contribution < -0.4 is 11.1 Å². The van der Waals surface area contributed by atoms with Crippen molar-refractivity contribution in [1.29, 1.82) is 0 Å². The molecule has 0 radical (unpaired) electrons. The molecule has 0 aromatic carbocycles. The Hall–Kier alpha value is -2.74. The monoisotopic (exact) mass is 286 g/mol. The molecule has 3 heterocycles. The standard InChI is InChI=1S/C12H10N6OS/c13-12-17-9(7-20-12)11(19)16-8-3-1-4-14-10(8)18-6-2-5-15-18/h1-7H,(H2,13,17)(H,16,19). The van der Waals surface area contributed by atoms with Crippen molar-refractivity contribution in [3.8, 4) is 5.82 Å². The number of nitrogen functional groups attached to an aromatic ring is 1. The summed E-state index contributed by atoms with van der Waals surface area (Å²) in [5.74, 6) is 0.202. The number of hydrogen-bond donors (Lipinski definition) is 2. The molecule has 100 valence electrons. The molecule has 3 N–H and O–H groups in total. The molecule has 0 bridgehead atoms. The zero-order valence-corrected chi connectivity index (χ0v) is 11.0. The van der Waals surface area contributed by atoms with Gasteiger partial charge in [-0.3, -0.25) is 4.79 Å². The van der Waals surface area contributed by atoms with Gasteiger partial charge in [0.05, 0.1) is 5.69 Å². The highest BCUT2D eigenvalue weighted by Crippen LogP contribution is 2.18. The quantitative estimate of drug-likeness (QED) is 0.761. The second kappa shape index (κ2) is 5.10. The number of nitrogens with two attached hydrogens (primary N) is 1. The summed E-state index contributed by atoms with van der Waals surface area (Å²) in [4.78, 5) is 20.2. The van der Waals surface area contributed by atoms with Gasteiger partial charge in [0.15, 0.2) is 10.9 Å². The summed E-state index contributed by atoms with van der Waals surface area (Å²) >= 11 is 1.22. The average Bonchev–Trinajstić information content (AvgIpc) is 3.10. The van der Waals surface area contributed by atoms with Crippen molar-refractivity contribution in [2.45, 2.75) is 0 Å². The molecule has 0 aliphatic rings. The summed E-state index contributed by atoms with van der Waals surface area (Å²) in [7, 11) is 0. The van der Waals surface area contributed by atoms with Crippen LogP contribution in [0, 0.1) is 0 Å². The van der Waals surface area contributed by atoms with E-state index in [2.05, 4.69) is 20.4 Å². The predicted molar refractivity (Wildman–Crippen MR) is 75.8 cm³/mol. The van der Waals surface area contributed by atoms with Crippen molar-refractivity contribution in [2.24, 2.45) is 0 Å². The lowest BCUT2D eigenvalue weighted by Crippen LogP contribution is -2.15. The summed E-state index contributed by atoms with van der Waals surface area (Å²) in [5, 5.41) is 8.82. The molecule has 0 aliphatic heterocycles. The molecule has 1 amide bonds. The van der Waals surface area contributed by atoms with Gasteiger partial charge in [-0.2, -0.15) is 5.10 Å². The Bertz CT molecular complexity index is 736. The van der Waals surface area contributed by atoms with E-state index >= 15 is 0 Å². The second-order valence-corrected chi connectivity index (χ2v) is 4.74. The molecule has 7 nitrogen and oxygen atoms in total. The van der Waals surface area contributed by atoms with Crippen LogP contribution in [0.1, 0.15) is 10.5 Å². The van der Waals surface area contributed by atoms with Gasteiger partial charge in [0, 0.05) is 24.0 Å².